The fourth-order valence-corrected chi connectivity index (χ4v) is 2.34. The molecule has 1 aliphatic rings. The molecule has 1 saturated carbocycles. The molecule has 0 atom stereocenters. The fraction of sp³-hybridized carbons (Fsp3) is 0.571. The summed E-state index contributed by atoms with van der Waals surface area (Å²) in [6, 6.07) is 5.30. The summed E-state index contributed by atoms with van der Waals surface area (Å²) in [5, 5.41) is 9.39. The first-order chi connectivity index (χ1) is 8.70. The minimum Gasteiger partial charge on any atom is -0.396 e. The molecule has 1 aromatic carbocycles. The predicted octanol–water partition coefficient (Wildman–Crippen LogP) is 3.22. The number of aliphatic hydroxyl groups is 1. The minimum absolute atomic E-state index is 0.188. The van der Waals surface area contributed by atoms with Gasteiger partial charge in [0.1, 0.15) is 5.82 Å². The van der Waals surface area contributed by atoms with Crippen LogP contribution in [0.1, 0.15) is 31.2 Å². The van der Waals surface area contributed by atoms with Crippen LogP contribution >= 0.6 is 11.6 Å². The lowest BCUT2D eigenvalue weighted by atomic mass is 10.2. The van der Waals surface area contributed by atoms with Gasteiger partial charge in [-0.05, 0) is 50.4 Å². The molecule has 1 N–H and O–H groups in total. The van der Waals surface area contributed by atoms with Crippen LogP contribution in [0.3, 0.4) is 0 Å². The van der Waals surface area contributed by atoms with Gasteiger partial charge in [0.05, 0.1) is 0 Å². The van der Waals surface area contributed by atoms with Crippen molar-refractivity contribution in [1.82, 2.24) is 4.90 Å². The molecule has 0 heterocycles. The Kier molecular flexibility index (Phi) is 4.98. The van der Waals surface area contributed by atoms with Crippen molar-refractivity contribution in [1.29, 1.82) is 0 Å². The van der Waals surface area contributed by atoms with Crippen molar-refractivity contribution in [3.63, 3.8) is 0 Å². The van der Waals surface area contributed by atoms with E-state index < -0.39 is 0 Å². The second kappa shape index (κ2) is 6.50. The third-order valence-corrected chi connectivity index (χ3v) is 3.53. The summed E-state index contributed by atoms with van der Waals surface area (Å²) in [5.74, 6) is -0.188. The van der Waals surface area contributed by atoms with Crippen molar-refractivity contribution in [2.45, 2.75) is 38.3 Å². The van der Waals surface area contributed by atoms with Crippen LogP contribution in [-0.2, 0) is 6.54 Å². The Hall–Kier alpha value is -0.640. The molecule has 0 radical (unpaired) electrons. The summed E-state index contributed by atoms with van der Waals surface area (Å²) >= 11 is 5.90. The summed E-state index contributed by atoms with van der Waals surface area (Å²) in [4.78, 5) is 2.30. The first-order valence-corrected chi connectivity index (χ1v) is 6.87. The standard InChI is InChI=1S/C14H19ClFNO/c15-12-3-6-14(16)11(9-12)10-17(13-4-5-13)7-1-2-8-18/h3,6,9,13,18H,1-2,4-5,7-8,10H2. The van der Waals surface area contributed by atoms with Gasteiger partial charge >= 0.3 is 0 Å². The van der Waals surface area contributed by atoms with Crippen LogP contribution in [0.15, 0.2) is 18.2 Å². The summed E-state index contributed by atoms with van der Waals surface area (Å²) in [6.45, 7) is 1.75. The van der Waals surface area contributed by atoms with E-state index in [0.717, 1.165) is 19.4 Å². The van der Waals surface area contributed by atoms with E-state index in [0.29, 0.717) is 23.2 Å². The van der Waals surface area contributed by atoms with Crippen molar-refractivity contribution < 1.29 is 9.50 Å². The highest BCUT2D eigenvalue weighted by molar-refractivity contribution is 6.30. The number of nitrogens with zero attached hydrogens (tertiary/aromatic N) is 1. The number of hydrogen-bond donors (Lipinski definition) is 1. The van der Waals surface area contributed by atoms with Crippen LogP contribution in [0.4, 0.5) is 4.39 Å². The van der Waals surface area contributed by atoms with Crippen LogP contribution in [0.5, 0.6) is 0 Å². The molecule has 1 aliphatic carbocycles. The lowest BCUT2D eigenvalue weighted by Crippen LogP contribution is -2.27. The van der Waals surface area contributed by atoms with Crippen LogP contribution in [0, 0.1) is 5.82 Å². The number of hydrogen-bond acceptors (Lipinski definition) is 2. The Balaban J connectivity index is 1.97. The monoisotopic (exact) mass is 271 g/mol. The SMILES string of the molecule is OCCCCN(Cc1cc(Cl)ccc1F)C1CC1. The van der Waals surface area contributed by atoms with E-state index in [-0.39, 0.29) is 12.4 Å². The van der Waals surface area contributed by atoms with E-state index in [4.69, 9.17) is 16.7 Å². The zero-order chi connectivity index (χ0) is 13.0. The third kappa shape index (κ3) is 3.94. The molecule has 2 nitrogen and oxygen atoms in total. The quantitative estimate of drug-likeness (QED) is 0.770. The number of halogens is 2. The molecule has 4 heteroatoms. The molecular formula is C14H19ClFNO. The van der Waals surface area contributed by atoms with Gasteiger partial charge in [0, 0.05) is 29.8 Å². The normalized spacial score (nSPS) is 15.3. The number of rotatable bonds is 7. The minimum atomic E-state index is -0.188. The van der Waals surface area contributed by atoms with Gasteiger partial charge < -0.3 is 5.11 Å². The van der Waals surface area contributed by atoms with Gasteiger partial charge in [0.2, 0.25) is 0 Å². The number of benzene rings is 1. The van der Waals surface area contributed by atoms with Crippen LogP contribution < -0.4 is 0 Å². The van der Waals surface area contributed by atoms with Gasteiger partial charge in [-0.3, -0.25) is 4.90 Å². The molecule has 1 aromatic rings. The zero-order valence-corrected chi connectivity index (χ0v) is 11.2. The van der Waals surface area contributed by atoms with Gasteiger partial charge in [0.25, 0.3) is 0 Å². The molecule has 0 amide bonds. The number of unbranched alkanes of at least 4 members (excludes halogenated alkanes) is 1. The predicted molar refractivity (Wildman–Crippen MR) is 71.2 cm³/mol. The van der Waals surface area contributed by atoms with Gasteiger partial charge in [-0.15, -0.1) is 0 Å². The van der Waals surface area contributed by atoms with Crippen molar-refractivity contribution in [3.05, 3.63) is 34.6 Å². The van der Waals surface area contributed by atoms with Gasteiger partial charge in [-0.1, -0.05) is 11.6 Å². The molecular weight excluding hydrogens is 253 g/mol. The first-order valence-electron chi connectivity index (χ1n) is 6.49. The summed E-state index contributed by atoms with van der Waals surface area (Å²) in [5.41, 5.74) is 0.665. The molecule has 0 aliphatic heterocycles. The summed E-state index contributed by atoms with van der Waals surface area (Å²) in [6.07, 6.45) is 4.15. The largest absolute Gasteiger partial charge is 0.396 e. The summed E-state index contributed by atoms with van der Waals surface area (Å²) < 4.78 is 13.7. The number of aliphatic hydroxyl groups excluding tert-OH is 1. The Morgan fingerprint density at radius 1 is 1.33 bits per heavy atom. The molecule has 1 fully saturated rings. The molecule has 100 valence electrons. The van der Waals surface area contributed by atoms with Crippen molar-refractivity contribution in [3.8, 4) is 0 Å². The molecule has 18 heavy (non-hydrogen) atoms. The Morgan fingerprint density at radius 3 is 2.78 bits per heavy atom. The van der Waals surface area contributed by atoms with E-state index in [9.17, 15) is 4.39 Å². The molecule has 2 rings (SSSR count). The van der Waals surface area contributed by atoms with Gasteiger partial charge in [-0.2, -0.15) is 0 Å². The van der Waals surface area contributed by atoms with E-state index in [2.05, 4.69) is 4.90 Å². The molecule has 0 aromatic heterocycles. The van der Waals surface area contributed by atoms with E-state index in [1.165, 1.54) is 18.9 Å². The van der Waals surface area contributed by atoms with Crippen molar-refractivity contribution in [2.75, 3.05) is 13.2 Å². The van der Waals surface area contributed by atoms with Crippen molar-refractivity contribution >= 4 is 11.6 Å². The topological polar surface area (TPSA) is 23.5 Å². The average molecular weight is 272 g/mol. The average Bonchev–Trinajstić information content (AvgIpc) is 3.17. The molecule has 0 spiro atoms. The maximum Gasteiger partial charge on any atom is 0.127 e. The van der Waals surface area contributed by atoms with Gasteiger partial charge in [-0.25, -0.2) is 4.39 Å². The smallest absolute Gasteiger partial charge is 0.127 e. The fourth-order valence-electron chi connectivity index (χ4n) is 2.14. The zero-order valence-electron chi connectivity index (χ0n) is 10.4. The lowest BCUT2D eigenvalue weighted by Gasteiger charge is -2.22. The highest BCUT2D eigenvalue weighted by Gasteiger charge is 2.28. The summed E-state index contributed by atoms with van der Waals surface area (Å²) in [7, 11) is 0. The third-order valence-electron chi connectivity index (χ3n) is 3.30. The van der Waals surface area contributed by atoms with E-state index in [1.54, 1.807) is 12.1 Å². The van der Waals surface area contributed by atoms with E-state index in [1.807, 2.05) is 0 Å². The second-order valence-corrected chi connectivity index (χ2v) is 5.30. The van der Waals surface area contributed by atoms with Crippen molar-refractivity contribution in [2.24, 2.45) is 0 Å². The molecule has 0 unspecified atom stereocenters. The van der Waals surface area contributed by atoms with Crippen LogP contribution in [0.2, 0.25) is 5.02 Å². The highest BCUT2D eigenvalue weighted by Crippen LogP contribution is 2.29. The van der Waals surface area contributed by atoms with E-state index >= 15 is 0 Å². The first kappa shape index (κ1) is 13.8. The van der Waals surface area contributed by atoms with Gasteiger partial charge in [0.15, 0.2) is 0 Å². The molecule has 0 bridgehead atoms. The van der Waals surface area contributed by atoms with Crippen LogP contribution in [-0.4, -0.2) is 29.2 Å². The van der Waals surface area contributed by atoms with Crippen LogP contribution in [0.25, 0.3) is 0 Å². The maximum atomic E-state index is 13.7. The Bertz CT molecular complexity index is 395. The Labute approximate surface area is 112 Å². The lowest BCUT2D eigenvalue weighted by molar-refractivity contribution is 0.226. The molecule has 0 saturated heterocycles. The highest BCUT2D eigenvalue weighted by atomic mass is 35.5. The Morgan fingerprint density at radius 2 is 2.11 bits per heavy atom. The maximum absolute atomic E-state index is 13.7. The second-order valence-electron chi connectivity index (χ2n) is 4.87.